The minimum atomic E-state index is -5.22. The van der Waals surface area contributed by atoms with E-state index in [0.29, 0.717) is 0 Å². The monoisotopic (exact) mass is 285 g/mol. The molecule has 0 radical (unpaired) electrons. The van der Waals surface area contributed by atoms with E-state index in [4.69, 9.17) is 5.73 Å². The van der Waals surface area contributed by atoms with Gasteiger partial charge in [-0.15, -0.1) is 0 Å². The van der Waals surface area contributed by atoms with Gasteiger partial charge in [-0.3, -0.25) is 4.79 Å². The van der Waals surface area contributed by atoms with Crippen molar-refractivity contribution >= 4 is 5.91 Å². The zero-order valence-corrected chi connectivity index (χ0v) is 9.62. The summed E-state index contributed by atoms with van der Waals surface area (Å²) in [6, 6.07) is 0.866. The van der Waals surface area contributed by atoms with Crippen LogP contribution in [0.5, 0.6) is 0 Å². The van der Waals surface area contributed by atoms with Gasteiger partial charge in [0.1, 0.15) is 0 Å². The van der Waals surface area contributed by atoms with E-state index in [0.717, 1.165) is 6.07 Å². The topological polar surface area (TPSA) is 43.1 Å². The van der Waals surface area contributed by atoms with Crippen molar-refractivity contribution in [3.63, 3.8) is 0 Å². The second-order valence-electron chi connectivity index (χ2n) is 3.77. The Morgan fingerprint density at radius 1 is 1.11 bits per heavy atom. The van der Waals surface area contributed by atoms with Gasteiger partial charge in [-0.25, -0.2) is 0 Å². The Morgan fingerprint density at radius 3 is 1.95 bits per heavy atom. The highest BCUT2D eigenvalue weighted by Gasteiger charge is 2.45. The SMILES string of the molecule is CCc1cc(C(N)=O)cc(C(F)(F)F)c1C(F)(F)F. The number of alkyl halides is 6. The lowest BCUT2D eigenvalue weighted by Crippen LogP contribution is -2.22. The molecule has 1 rings (SSSR count). The summed E-state index contributed by atoms with van der Waals surface area (Å²) in [7, 11) is 0. The molecule has 0 aliphatic heterocycles. The second-order valence-corrected chi connectivity index (χ2v) is 3.77. The number of hydrogen-bond acceptors (Lipinski definition) is 1. The normalized spacial score (nSPS) is 12.6. The lowest BCUT2D eigenvalue weighted by molar-refractivity contribution is -0.162. The molecule has 8 heteroatoms. The van der Waals surface area contributed by atoms with Crippen LogP contribution < -0.4 is 5.73 Å². The summed E-state index contributed by atoms with van der Waals surface area (Å²) in [5, 5.41) is 0. The molecule has 106 valence electrons. The third-order valence-electron chi connectivity index (χ3n) is 2.47. The van der Waals surface area contributed by atoms with E-state index >= 15 is 0 Å². The average molecular weight is 285 g/mol. The van der Waals surface area contributed by atoms with E-state index in [1.807, 2.05) is 0 Å². The predicted molar refractivity (Wildman–Crippen MR) is 54.3 cm³/mol. The number of aryl methyl sites for hydroxylation is 1. The van der Waals surface area contributed by atoms with Crippen molar-refractivity contribution in [2.45, 2.75) is 25.7 Å². The van der Waals surface area contributed by atoms with E-state index in [-0.39, 0.29) is 12.5 Å². The molecule has 0 saturated heterocycles. The fourth-order valence-corrected chi connectivity index (χ4v) is 1.68. The Hall–Kier alpha value is -1.73. The van der Waals surface area contributed by atoms with E-state index in [2.05, 4.69) is 0 Å². The van der Waals surface area contributed by atoms with Crippen molar-refractivity contribution in [2.75, 3.05) is 0 Å². The number of rotatable bonds is 2. The maximum atomic E-state index is 12.7. The Balaban J connectivity index is 3.73. The zero-order valence-electron chi connectivity index (χ0n) is 9.62. The molecule has 1 amide bonds. The second kappa shape index (κ2) is 4.75. The number of nitrogens with two attached hydrogens (primary N) is 1. The summed E-state index contributed by atoms with van der Waals surface area (Å²) >= 11 is 0. The first-order chi connectivity index (χ1) is 8.48. The van der Waals surface area contributed by atoms with Crippen LogP contribution in [0.3, 0.4) is 0 Å². The van der Waals surface area contributed by atoms with Gasteiger partial charge in [0.05, 0.1) is 11.1 Å². The van der Waals surface area contributed by atoms with E-state index in [1.54, 1.807) is 0 Å². The molecule has 1 aromatic rings. The van der Waals surface area contributed by atoms with Crippen molar-refractivity contribution in [3.8, 4) is 0 Å². The van der Waals surface area contributed by atoms with Crippen LogP contribution in [0, 0.1) is 0 Å². The van der Waals surface area contributed by atoms with Crippen LogP contribution in [-0.2, 0) is 18.8 Å². The van der Waals surface area contributed by atoms with E-state index in [1.165, 1.54) is 6.92 Å². The van der Waals surface area contributed by atoms with Gasteiger partial charge < -0.3 is 5.73 Å². The molecule has 0 bridgehead atoms. The van der Waals surface area contributed by atoms with E-state index < -0.39 is 40.5 Å². The molecular weight excluding hydrogens is 276 g/mol. The fraction of sp³-hybridized carbons (Fsp3) is 0.364. The van der Waals surface area contributed by atoms with E-state index in [9.17, 15) is 31.1 Å². The van der Waals surface area contributed by atoms with Crippen LogP contribution in [0.4, 0.5) is 26.3 Å². The van der Waals surface area contributed by atoms with Gasteiger partial charge in [0.2, 0.25) is 5.91 Å². The highest BCUT2D eigenvalue weighted by molar-refractivity contribution is 5.93. The molecule has 1 aromatic carbocycles. The van der Waals surface area contributed by atoms with Gasteiger partial charge in [0, 0.05) is 5.56 Å². The molecule has 0 saturated carbocycles. The molecule has 0 aliphatic rings. The highest BCUT2D eigenvalue weighted by Crippen LogP contribution is 2.42. The van der Waals surface area contributed by atoms with Gasteiger partial charge in [-0.1, -0.05) is 6.92 Å². The van der Waals surface area contributed by atoms with Crippen LogP contribution in [0.2, 0.25) is 0 Å². The minimum Gasteiger partial charge on any atom is -0.366 e. The lowest BCUT2D eigenvalue weighted by Gasteiger charge is -2.19. The minimum absolute atomic E-state index is 0.129. The molecule has 0 atom stereocenters. The van der Waals surface area contributed by atoms with Crippen molar-refractivity contribution in [3.05, 3.63) is 34.4 Å². The molecule has 19 heavy (non-hydrogen) atoms. The third-order valence-corrected chi connectivity index (χ3v) is 2.47. The molecule has 0 unspecified atom stereocenters. The number of primary amides is 1. The first kappa shape index (κ1) is 15.3. The average Bonchev–Trinajstić information content (AvgIpc) is 2.24. The molecule has 0 fully saturated rings. The number of halogens is 6. The largest absolute Gasteiger partial charge is 0.417 e. The van der Waals surface area contributed by atoms with Crippen LogP contribution in [-0.4, -0.2) is 5.91 Å². The Kier molecular flexibility index (Phi) is 3.83. The number of carbonyl (C=O) groups is 1. The van der Waals surface area contributed by atoms with Crippen molar-refractivity contribution in [2.24, 2.45) is 5.73 Å². The molecule has 2 nitrogen and oxygen atoms in total. The van der Waals surface area contributed by atoms with Gasteiger partial charge in [0.25, 0.3) is 0 Å². The molecule has 2 N–H and O–H groups in total. The van der Waals surface area contributed by atoms with Gasteiger partial charge >= 0.3 is 12.4 Å². The summed E-state index contributed by atoms with van der Waals surface area (Å²) < 4.78 is 76.3. The third kappa shape index (κ3) is 3.18. The summed E-state index contributed by atoms with van der Waals surface area (Å²) in [6.45, 7) is 1.26. The van der Waals surface area contributed by atoms with Gasteiger partial charge in [-0.2, -0.15) is 26.3 Å². The maximum Gasteiger partial charge on any atom is 0.417 e. The molecule has 0 aromatic heterocycles. The Labute approximate surface area is 104 Å². The summed E-state index contributed by atoms with van der Waals surface area (Å²) in [5.41, 5.74) is -0.0595. The predicted octanol–water partition coefficient (Wildman–Crippen LogP) is 3.39. The molecule has 0 heterocycles. The fourth-order valence-electron chi connectivity index (χ4n) is 1.68. The van der Waals surface area contributed by atoms with Crippen molar-refractivity contribution in [1.29, 1.82) is 0 Å². The standard InChI is InChI=1S/C11H9F6NO/c1-2-5-3-6(9(18)19)4-7(10(12,13)14)8(5)11(15,16)17/h3-4H,2H2,1H3,(H2,18,19). The summed E-state index contributed by atoms with van der Waals surface area (Å²) in [4.78, 5) is 10.9. The number of hydrogen-bond donors (Lipinski definition) is 1. The van der Waals surface area contributed by atoms with Crippen LogP contribution in [0.15, 0.2) is 12.1 Å². The number of amides is 1. The van der Waals surface area contributed by atoms with Crippen LogP contribution in [0.25, 0.3) is 0 Å². The van der Waals surface area contributed by atoms with Gasteiger partial charge in [0.15, 0.2) is 0 Å². The van der Waals surface area contributed by atoms with Crippen molar-refractivity contribution < 1.29 is 31.1 Å². The summed E-state index contributed by atoms with van der Waals surface area (Å²) in [6.07, 6.45) is -10.7. The van der Waals surface area contributed by atoms with Crippen molar-refractivity contribution in [1.82, 2.24) is 0 Å². The zero-order chi connectivity index (χ0) is 15.0. The Bertz CT molecular complexity index is 503. The smallest absolute Gasteiger partial charge is 0.366 e. The van der Waals surface area contributed by atoms with Crippen LogP contribution >= 0.6 is 0 Å². The first-order valence-corrected chi connectivity index (χ1v) is 5.09. The molecule has 0 aliphatic carbocycles. The summed E-state index contributed by atoms with van der Waals surface area (Å²) in [5.74, 6) is -1.21. The lowest BCUT2D eigenvalue weighted by atomic mass is 9.95. The van der Waals surface area contributed by atoms with Gasteiger partial charge in [-0.05, 0) is 24.1 Å². The first-order valence-electron chi connectivity index (χ1n) is 5.09. The Morgan fingerprint density at radius 2 is 1.63 bits per heavy atom. The van der Waals surface area contributed by atoms with Crippen LogP contribution in [0.1, 0.15) is 34.0 Å². The molecular formula is C11H9F6NO. The number of carbonyl (C=O) groups excluding carboxylic acids is 1. The maximum absolute atomic E-state index is 12.7. The quantitative estimate of drug-likeness (QED) is 0.832. The highest BCUT2D eigenvalue weighted by atomic mass is 19.4. The number of benzene rings is 1. The molecule has 0 spiro atoms.